The molecule has 1 atom stereocenters. The fraction of sp³-hybridized carbons (Fsp3) is 0.588. The summed E-state index contributed by atoms with van der Waals surface area (Å²) in [6.45, 7) is 5.24. The Morgan fingerprint density at radius 2 is 2.05 bits per heavy atom. The number of hydrogen-bond donors (Lipinski definition) is 1. The van der Waals surface area contributed by atoms with Gasteiger partial charge in [-0.2, -0.15) is 5.26 Å². The summed E-state index contributed by atoms with van der Waals surface area (Å²) in [6, 6.07) is 8.22. The zero-order valence-electron chi connectivity index (χ0n) is 13.1. The smallest absolute Gasteiger partial charge is 0.164 e. The molecule has 0 bridgehead atoms. The summed E-state index contributed by atoms with van der Waals surface area (Å²) in [6.07, 6.45) is 4.01. The number of nitrogens with zero attached hydrogens (tertiary/aromatic N) is 1. The minimum Gasteiger partial charge on any atom is -0.490 e. The van der Waals surface area contributed by atoms with Crippen LogP contribution in [0.3, 0.4) is 0 Å². The van der Waals surface area contributed by atoms with E-state index in [1.165, 1.54) is 0 Å². The molecule has 0 amide bonds. The van der Waals surface area contributed by atoms with Gasteiger partial charge in [0.05, 0.1) is 19.3 Å². The van der Waals surface area contributed by atoms with Crippen LogP contribution in [0.4, 0.5) is 0 Å². The summed E-state index contributed by atoms with van der Waals surface area (Å²) in [5.41, 5.74) is 7.15. The van der Waals surface area contributed by atoms with E-state index in [-0.39, 0.29) is 6.04 Å². The number of nitrogens with two attached hydrogens (primary N) is 1. The molecule has 0 saturated carbocycles. The molecule has 0 aliphatic carbocycles. The quantitative estimate of drug-likeness (QED) is 0.670. The predicted octanol–water partition coefficient (Wildman–Crippen LogP) is 3.44. The number of nitriles is 1. The summed E-state index contributed by atoms with van der Waals surface area (Å²) >= 11 is 0. The van der Waals surface area contributed by atoms with Gasteiger partial charge in [0.1, 0.15) is 0 Å². The highest BCUT2D eigenvalue weighted by atomic mass is 16.5. The third-order valence-electron chi connectivity index (χ3n) is 3.30. The van der Waals surface area contributed by atoms with Crippen LogP contribution < -0.4 is 15.2 Å². The van der Waals surface area contributed by atoms with E-state index in [4.69, 9.17) is 20.5 Å². The summed E-state index contributed by atoms with van der Waals surface area (Å²) < 4.78 is 11.6. The van der Waals surface area contributed by atoms with Gasteiger partial charge in [-0.25, -0.2) is 0 Å². The van der Waals surface area contributed by atoms with Crippen LogP contribution in [0.25, 0.3) is 0 Å². The lowest BCUT2D eigenvalue weighted by molar-refractivity contribution is 0.269. The van der Waals surface area contributed by atoms with Crippen molar-refractivity contribution < 1.29 is 9.47 Å². The van der Waals surface area contributed by atoms with Gasteiger partial charge in [-0.05, 0) is 44.2 Å². The number of para-hydroxylation sites is 1. The normalized spacial score (nSPS) is 11.7. The summed E-state index contributed by atoms with van der Waals surface area (Å²) in [5, 5.41) is 8.54. The van der Waals surface area contributed by atoms with Gasteiger partial charge in [0.15, 0.2) is 11.5 Å². The number of unbranched alkanes of at least 4 members (excludes halogenated alkanes) is 2. The number of ether oxygens (including phenoxy) is 2. The van der Waals surface area contributed by atoms with Crippen LogP contribution in [0.1, 0.15) is 45.1 Å². The highest BCUT2D eigenvalue weighted by Crippen LogP contribution is 2.32. The molecule has 1 rings (SSSR count). The summed E-state index contributed by atoms with van der Waals surface area (Å²) in [7, 11) is 0. The minimum atomic E-state index is 0.128. The molecule has 1 unspecified atom stereocenters. The Balaban J connectivity index is 2.76. The van der Waals surface area contributed by atoms with Gasteiger partial charge in [-0.15, -0.1) is 0 Å². The van der Waals surface area contributed by atoms with Gasteiger partial charge in [0.2, 0.25) is 0 Å². The third-order valence-corrected chi connectivity index (χ3v) is 3.30. The number of benzene rings is 1. The molecule has 0 aliphatic heterocycles. The van der Waals surface area contributed by atoms with Crippen LogP contribution in [0, 0.1) is 11.3 Å². The lowest BCUT2D eigenvalue weighted by atomic mass is 10.0. The Hall–Kier alpha value is -1.73. The topological polar surface area (TPSA) is 68.3 Å². The Bertz CT molecular complexity index is 455. The van der Waals surface area contributed by atoms with Gasteiger partial charge in [0, 0.05) is 12.5 Å². The summed E-state index contributed by atoms with van der Waals surface area (Å²) in [4.78, 5) is 0. The first kappa shape index (κ1) is 17.3. The van der Waals surface area contributed by atoms with Crippen molar-refractivity contribution in [2.75, 3.05) is 13.2 Å². The SMILES string of the molecule is CCOc1cccc(CC(N)CC)c1OCCCCC#N. The Morgan fingerprint density at radius 1 is 1.24 bits per heavy atom. The third kappa shape index (κ3) is 6.05. The van der Waals surface area contributed by atoms with Crippen LogP contribution >= 0.6 is 0 Å². The second-order valence-corrected chi connectivity index (χ2v) is 5.01. The molecule has 116 valence electrons. The molecular formula is C17H26N2O2. The van der Waals surface area contributed by atoms with E-state index in [0.29, 0.717) is 19.6 Å². The summed E-state index contributed by atoms with van der Waals surface area (Å²) in [5.74, 6) is 1.58. The van der Waals surface area contributed by atoms with Crippen molar-refractivity contribution in [3.8, 4) is 17.6 Å². The van der Waals surface area contributed by atoms with E-state index in [2.05, 4.69) is 13.0 Å². The van der Waals surface area contributed by atoms with Crippen molar-refractivity contribution in [2.24, 2.45) is 5.73 Å². The highest BCUT2D eigenvalue weighted by molar-refractivity contribution is 5.47. The van der Waals surface area contributed by atoms with Crippen molar-refractivity contribution in [1.29, 1.82) is 5.26 Å². The largest absolute Gasteiger partial charge is 0.490 e. The van der Waals surface area contributed by atoms with Gasteiger partial charge < -0.3 is 15.2 Å². The van der Waals surface area contributed by atoms with Gasteiger partial charge in [-0.3, -0.25) is 0 Å². The van der Waals surface area contributed by atoms with Crippen LogP contribution in [-0.2, 0) is 6.42 Å². The monoisotopic (exact) mass is 290 g/mol. The van der Waals surface area contributed by atoms with E-state index >= 15 is 0 Å². The van der Waals surface area contributed by atoms with Gasteiger partial charge in [0.25, 0.3) is 0 Å². The molecule has 21 heavy (non-hydrogen) atoms. The molecule has 0 spiro atoms. The first-order chi connectivity index (χ1) is 10.2. The van der Waals surface area contributed by atoms with Gasteiger partial charge in [-0.1, -0.05) is 19.1 Å². The van der Waals surface area contributed by atoms with Crippen molar-refractivity contribution in [3.63, 3.8) is 0 Å². The number of rotatable bonds is 10. The van der Waals surface area contributed by atoms with Crippen molar-refractivity contribution in [2.45, 2.75) is 52.0 Å². The Morgan fingerprint density at radius 3 is 2.71 bits per heavy atom. The average Bonchev–Trinajstić information content (AvgIpc) is 2.49. The zero-order valence-corrected chi connectivity index (χ0v) is 13.1. The highest BCUT2D eigenvalue weighted by Gasteiger charge is 2.13. The zero-order chi connectivity index (χ0) is 15.5. The fourth-order valence-corrected chi connectivity index (χ4v) is 2.06. The Kier molecular flexibility index (Phi) is 8.30. The maximum Gasteiger partial charge on any atom is 0.164 e. The van der Waals surface area contributed by atoms with Crippen LogP contribution in [0.15, 0.2) is 18.2 Å². The molecule has 2 N–H and O–H groups in total. The second-order valence-electron chi connectivity index (χ2n) is 5.01. The average molecular weight is 290 g/mol. The van der Waals surface area contributed by atoms with Crippen molar-refractivity contribution in [3.05, 3.63) is 23.8 Å². The minimum absolute atomic E-state index is 0.128. The second kappa shape index (κ2) is 10.1. The van der Waals surface area contributed by atoms with E-state index in [1.807, 2.05) is 25.1 Å². The molecule has 0 aliphatic rings. The molecule has 0 heterocycles. The van der Waals surface area contributed by atoms with Crippen LogP contribution in [0.5, 0.6) is 11.5 Å². The molecule has 4 nitrogen and oxygen atoms in total. The lowest BCUT2D eigenvalue weighted by Crippen LogP contribution is -2.22. The van der Waals surface area contributed by atoms with E-state index in [9.17, 15) is 0 Å². The number of hydrogen-bond acceptors (Lipinski definition) is 4. The molecule has 0 radical (unpaired) electrons. The molecule has 0 saturated heterocycles. The first-order valence-corrected chi connectivity index (χ1v) is 7.72. The molecule has 1 aromatic rings. The maximum absolute atomic E-state index is 8.54. The van der Waals surface area contributed by atoms with Crippen LogP contribution in [0.2, 0.25) is 0 Å². The molecule has 0 fully saturated rings. The lowest BCUT2D eigenvalue weighted by Gasteiger charge is -2.17. The standard InChI is InChI=1S/C17H26N2O2/c1-3-15(19)13-14-9-8-10-16(20-4-2)17(14)21-12-7-5-6-11-18/h8-10,15H,3-7,12-13,19H2,1-2H3. The molecular weight excluding hydrogens is 264 g/mol. The Labute approximate surface area is 127 Å². The maximum atomic E-state index is 8.54. The van der Waals surface area contributed by atoms with E-state index in [0.717, 1.165) is 42.7 Å². The van der Waals surface area contributed by atoms with Crippen LogP contribution in [-0.4, -0.2) is 19.3 Å². The molecule has 4 heteroatoms. The molecule has 0 aromatic heterocycles. The van der Waals surface area contributed by atoms with E-state index in [1.54, 1.807) is 0 Å². The van der Waals surface area contributed by atoms with Crippen molar-refractivity contribution >= 4 is 0 Å². The predicted molar refractivity (Wildman–Crippen MR) is 84.5 cm³/mol. The first-order valence-electron chi connectivity index (χ1n) is 7.72. The van der Waals surface area contributed by atoms with Gasteiger partial charge >= 0.3 is 0 Å². The van der Waals surface area contributed by atoms with E-state index < -0.39 is 0 Å². The fourth-order valence-electron chi connectivity index (χ4n) is 2.06. The molecule has 1 aromatic carbocycles. The van der Waals surface area contributed by atoms with Crippen molar-refractivity contribution in [1.82, 2.24) is 0 Å².